The second-order valence-corrected chi connectivity index (χ2v) is 6.82. The maximum atomic E-state index is 12.2. The SMILES string of the molecule is COc1cccc([C@H]2CC(=O)c3sc(Br)nc3C2)c1. The zero-order valence-corrected chi connectivity index (χ0v) is 12.8. The molecular weight excluding hydrogens is 326 g/mol. The topological polar surface area (TPSA) is 39.2 Å². The molecule has 0 saturated carbocycles. The molecule has 3 nitrogen and oxygen atoms in total. The maximum Gasteiger partial charge on any atom is 0.175 e. The number of rotatable bonds is 2. The van der Waals surface area contributed by atoms with E-state index in [9.17, 15) is 4.79 Å². The van der Waals surface area contributed by atoms with E-state index in [1.54, 1.807) is 7.11 Å². The van der Waals surface area contributed by atoms with E-state index in [0.29, 0.717) is 6.42 Å². The quantitative estimate of drug-likeness (QED) is 0.835. The van der Waals surface area contributed by atoms with Crippen molar-refractivity contribution in [2.75, 3.05) is 7.11 Å². The van der Waals surface area contributed by atoms with E-state index < -0.39 is 0 Å². The highest BCUT2D eigenvalue weighted by Gasteiger charge is 2.29. The van der Waals surface area contributed by atoms with Gasteiger partial charge < -0.3 is 4.74 Å². The van der Waals surface area contributed by atoms with Crippen LogP contribution in [0, 0.1) is 0 Å². The first kappa shape index (κ1) is 12.8. The van der Waals surface area contributed by atoms with Crippen molar-refractivity contribution in [3.8, 4) is 5.75 Å². The van der Waals surface area contributed by atoms with Crippen molar-refractivity contribution in [2.45, 2.75) is 18.8 Å². The van der Waals surface area contributed by atoms with Gasteiger partial charge in [0.15, 0.2) is 9.70 Å². The summed E-state index contributed by atoms with van der Waals surface area (Å²) in [7, 11) is 1.65. The van der Waals surface area contributed by atoms with E-state index >= 15 is 0 Å². The molecule has 0 saturated heterocycles. The molecule has 2 aromatic rings. The van der Waals surface area contributed by atoms with Crippen LogP contribution in [0.3, 0.4) is 0 Å². The van der Waals surface area contributed by atoms with Gasteiger partial charge in [-0.05, 0) is 46.0 Å². The van der Waals surface area contributed by atoms with Crippen LogP contribution in [-0.2, 0) is 6.42 Å². The van der Waals surface area contributed by atoms with Crippen LogP contribution in [0.2, 0.25) is 0 Å². The fourth-order valence-electron chi connectivity index (χ4n) is 2.43. The van der Waals surface area contributed by atoms with Crippen molar-refractivity contribution in [1.82, 2.24) is 4.98 Å². The van der Waals surface area contributed by atoms with Crippen LogP contribution in [-0.4, -0.2) is 17.9 Å². The Morgan fingerprint density at radius 2 is 2.26 bits per heavy atom. The molecule has 0 unspecified atom stereocenters. The number of carbonyl (C=O) groups excluding carboxylic acids is 1. The molecule has 1 heterocycles. The first-order chi connectivity index (χ1) is 9.17. The van der Waals surface area contributed by atoms with Gasteiger partial charge in [0.2, 0.25) is 0 Å². The molecule has 0 aliphatic heterocycles. The zero-order chi connectivity index (χ0) is 13.4. The summed E-state index contributed by atoms with van der Waals surface area (Å²) in [5.41, 5.74) is 2.06. The highest BCUT2D eigenvalue weighted by Crippen LogP contribution is 2.37. The number of Topliss-reactive ketones (excluding diaryl/α,β-unsaturated/α-hetero) is 1. The lowest BCUT2D eigenvalue weighted by molar-refractivity contribution is 0.0968. The summed E-state index contributed by atoms with van der Waals surface area (Å²) in [4.78, 5) is 17.4. The fourth-order valence-corrected chi connectivity index (χ4v) is 3.90. The van der Waals surface area contributed by atoms with Gasteiger partial charge in [-0.3, -0.25) is 4.79 Å². The van der Waals surface area contributed by atoms with Crippen LogP contribution in [0.15, 0.2) is 28.2 Å². The first-order valence-corrected chi connectivity index (χ1v) is 7.60. The second kappa shape index (κ2) is 5.06. The molecule has 1 aliphatic carbocycles. The molecule has 0 fully saturated rings. The third-order valence-electron chi connectivity index (χ3n) is 3.36. The Hall–Kier alpha value is -1.20. The Kier molecular flexibility index (Phi) is 3.41. The van der Waals surface area contributed by atoms with Gasteiger partial charge in [-0.2, -0.15) is 0 Å². The van der Waals surface area contributed by atoms with Crippen molar-refractivity contribution in [1.29, 1.82) is 0 Å². The molecule has 1 aromatic carbocycles. The van der Waals surface area contributed by atoms with E-state index in [2.05, 4.69) is 20.9 Å². The molecule has 5 heteroatoms. The molecule has 98 valence electrons. The van der Waals surface area contributed by atoms with Crippen LogP contribution in [0.25, 0.3) is 0 Å². The monoisotopic (exact) mass is 337 g/mol. The average Bonchev–Trinajstić information content (AvgIpc) is 2.80. The summed E-state index contributed by atoms with van der Waals surface area (Å²) in [5, 5.41) is 0. The molecule has 19 heavy (non-hydrogen) atoms. The van der Waals surface area contributed by atoms with Gasteiger partial charge in [0, 0.05) is 6.42 Å². The van der Waals surface area contributed by atoms with Gasteiger partial charge in [0.25, 0.3) is 0 Å². The van der Waals surface area contributed by atoms with Crippen molar-refractivity contribution in [3.63, 3.8) is 0 Å². The van der Waals surface area contributed by atoms with Crippen molar-refractivity contribution in [2.24, 2.45) is 0 Å². The largest absolute Gasteiger partial charge is 0.497 e. The summed E-state index contributed by atoms with van der Waals surface area (Å²) >= 11 is 4.79. The molecule has 0 N–H and O–H groups in total. The number of hydrogen-bond donors (Lipinski definition) is 0. The number of ether oxygens (including phenoxy) is 1. The summed E-state index contributed by atoms with van der Waals surface area (Å²) in [6, 6.07) is 7.93. The average molecular weight is 338 g/mol. The van der Waals surface area contributed by atoms with E-state index in [1.165, 1.54) is 11.3 Å². The molecule has 0 spiro atoms. The van der Waals surface area contributed by atoms with Gasteiger partial charge in [-0.15, -0.1) is 11.3 Å². The molecule has 1 aliphatic rings. The van der Waals surface area contributed by atoms with Gasteiger partial charge in [-0.1, -0.05) is 12.1 Å². The highest BCUT2D eigenvalue weighted by atomic mass is 79.9. The smallest absolute Gasteiger partial charge is 0.175 e. The highest BCUT2D eigenvalue weighted by molar-refractivity contribution is 9.11. The molecule has 0 bridgehead atoms. The Bertz CT molecular complexity index is 638. The lowest BCUT2D eigenvalue weighted by atomic mass is 9.84. The number of aromatic nitrogens is 1. The summed E-state index contributed by atoms with van der Waals surface area (Å²) in [5.74, 6) is 1.22. The molecule has 1 atom stereocenters. The number of fused-ring (bicyclic) bond motifs is 1. The van der Waals surface area contributed by atoms with Crippen molar-refractivity contribution < 1.29 is 9.53 Å². The number of nitrogens with zero attached hydrogens (tertiary/aromatic N) is 1. The molecule has 0 radical (unpaired) electrons. The summed E-state index contributed by atoms with van der Waals surface area (Å²) in [6.07, 6.45) is 1.37. The third-order valence-corrected chi connectivity index (χ3v) is 4.95. The molecule has 3 rings (SSSR count). The lowest BCUT2D eigenvalue weighted by Crippen LogP contribution is -2.17. The lowest BCUT2D eigenvalue weighted by Gasteiger charge is -2.20. The number of hydrogen-bond acceptors (Lipinski definition) is 4. The zero-order valence-electron chi connectivity index (χ0n) is 10.4. The minimum absolute atomic E-state index is 0.192. The Morgan fingerprint density at radius 1 is 1.42 bits per heavy atom. The minimum Gasteiger partial charge on any atom is -0.497 e. The van der Waals surface area contributed by atoms with Crippen molar-refractivity contribution in [3.05, 3.63) is 44.3 Å². The number of thiazole rings is 1. The normalized spacial score (nSPS) is 18.2. The number of ketones is 1. The molecule has 1 aromatic heterocycles. The second-order valence-electron chi connectivity index (χ2n) is 4.55. The predicted molar refractivity (Wildman–Crippen MR) is 78.2 cm³/mol. The van der Waals surface area contributed by atoms with E-state index in [0.717, 1.165) is 32.2 Å². The predicted octanol–water partition coefficient (Wildman–Crippen LogP) is 3.83. The minimum atomic E-state index is 0.192. The van der Waals surface area contributed by atoms with E-state index in [4.69, 9.17) is 4.74 Å². The molecular formula is C14H12BrNO2S. The number of methoxy groups -OCH3 is 1. The van der Waals surface area contributed by atoms with Crippen molar-refractivity contribution >= 4 is 33.0 Å². The maximum absolute atomic E-state index is 12.2. The van der Waals surface area contributed by atoms with Crippen LogP contribution < -0.4 is 4.74 Å². The van der Waals surface area contributed by atoms with Gasteiger partial charge in [0.1, 0.15) is 5.75 Å². The van der Waals surface area contributed by atoms with Gasteiger partial charge in [0.05, 0.1) is 17.7 Å². The van der Waals surface area contributed by atoms with Crippen LogP contribution in [0.5, 0.6) is 5.75 Å². The van der Waals surface area contributed by atoms with Gasteiger partial charge in [-0.25, -0.2) is 4.98 Å². The van der Waals surface area contributed by atoms with Crippen LogP contribution in [0.1, 0.15) is 33.3 Å². The number of benzene rings is 1. The molecule has 0 amide bonds. The number of halogens is 1. The number of carbonyl (C=O) groups is 1. The summed E-state index contributed by atoms with van der Waals surface area (Å²) in [6.45, 7) is 0. The summed E-state index contributed by atoms with van der Waals surface area (Å²) < 4.78 is 6.03. The van der Waals surface area contributed by atoms with Gasteiger partial charge >= 0.3 is 0 Å². The van der Waals surface area contributed by atoms with E-state index in [1.807, 2.05) is 24.3 Å². The first-order valence-electron chi connectivity index (χ1n) is 5.99. The van der Waals surface area contributed by atoms with Crippen LogP contribution >= 0.6 is 27.3 Å². The Balaban J connectivity index is 1.94. The Morgan fingerprint density at radius 3 is 3.05 bits per heavy atom. The third kappa shape index (κ3) is 2.44. The van der Waals surface area contributed by atoms with E-state index in [-0.39, 0.29) is 11.7 Å². The van der Waals surface area contributed by atoms with Crippen LogP contribution in [0.4, 0.5) is 0 Å². The fraction of sp³-hybridized carbons (Fsp3) is 0.286. The standard InChI is InChI=1S/C14H12BrNO2S/c1-18-10-4-2-3-8(5-10)9-6-11-13(12(17)7-9)19-14(15)16-11/h2-5,9H,6-7H2,1H3/t9-/m1/s1. The Labute approximate surface area is 123 Å².